The molecular formula is C13H18N4O. The Balaban J connectivity index is 1.96. The third-order valence-corrected chi connectivity index (χ3v) is 2.92. The number of nitrogens with zero attached hydrogens (tertiary/aromatic N) is 3. The lowest BCUT2D eigenvalue weighted by atomic mass is 10.1. The molecule has 1 aromatic heterocycles. The summed E-state index contributed by atoms with van der Waals surface area (Å²) >= 11 is 0. The number of hydrogen-bond donors (Lipinski definition) is 1. The van der Waals surface area contributed by atoms with Gasteiger partial charge in [-0.1, -0.05) is 19.1 Å². The number of aromatic nitrogens is 3. The average Bonchev–Trinajstić information content (AvgIpc) is 2.81. The van der Waals surface area contributed by atoms with Crippen molar-refractivity contribution in [1.82, 2.24) is 14.8 Å². The van der Waals surface area contributed by atoms with Crippen molar-refractivity contribution in [2.45, 2.75) is 26.0 Å². The van der Waals surface area contributed by atoms with Gasteiger partial charge in [0.15, 0.2) is 5.82 Å². The normalized spacial score (nSPS) is 12.4. The van der Waals surface area contributed by atoms with Gasteiger partial charge >= 0.3 is 0 Å². The van der Waals surface area contributed by atoms with E-state index in [1.807, 2.05) is 35.9 Å². The highest BCUT2D eigenvalue weighted by Crippen LogP contribution is 2.18. The maximum Gasteiger partial charge on any atom is 0.170 e. The van der Waals surface area contributed by atoms with Crippen molar-refractivity contribution in [3.05, 3.63) is 42.0 Å². The summed E-state index contributed by atoms with van der Waals surface area (Å²) in [5.41, 5.74) is 7.08. The predicted molar refractivity (Wildman–Crippen MR) is 69.0 cm³/mol. The highest BCUT2D eigenvalue weighted by molar-refractivity contribution is 5.29. The summed E-state index contributed by atoms with van der Waals surface area (Å²) in [6.07, 6.45) is 2.58. The van der Waals surface area contributed by atoms with Gasteiger partial charge in [-0.05, 0) is 24.1 Å². The van der Waals surface area contributed by atoms with Gasteiger partial charge in [-0.15, -0.1) is 10.2 Å². The van der Waals surface area contributed by atoms with Crippen LogP contribution in [0.5, 0.6) is 5.75 Å². The van der Waals surface area contributed by atoms with Crippen LogP contribution in [0.1, 0.15) is 30.8 Å². The molecule has 0 aliphatic rings. The number of benzene rings is 1. The van der Waals surface area contributed by atoms with Crippen molar-refractivity contribution in [2.24, 2.45) is 12.8 Å². The van der Waals surface area contributed by atoms with Crippen LogP contribution in [0.25, 0.3) is 0 Å². The number of rotatable bonds is 5. The van der Waals surface area contributed by atoms with Crippen LogP contribution in [0, 0.1) is 0 Å². The summed E-state index contributed by atoms with van der Waals surface area (Å²) < 4.78 is 7.47. The summed E-state index contributed by atoms with van der Waals surface area (Å²) in [6, 6.07) is 7.96. The lowest BCUT2D eigenvalue weighted by Gasteiger charge is -2.10. The fourth-order valence-electron chi connectivity index (χ4n) is 1.63. The molecule has 0 saturated carbocycles. The van der Waals surface area contributed by atoms with Crippen molar-refractivity contribution < 1.29 is 4.74 Å². The van der Waals surface area contributed by atoms with Gasteiger partial charge in [0.05, 0.1) is 0 Å². The van der Waals surface area contributed by atoms with E-state index in [-0.39, 0.29) is 6.04 Å². The molecule has 0 bridgehead atoms. The molecule has 0 radical (unpaired) electrons. The van der Waals surface area contributed by atoms with Gasteiger partial charge in [-0.3, -0.25) is 0 Å². The van der Waals surface area contributed by atoms with Crippen LogP contribution in [0.4, 0.5) is 0 Å². The topological polar surface area (TPSA) is 66.0 Å². The molecule has 1 unspecified atom stereocenters. The summed E-state index contributed by atoms with van der Waals surface area (Å²) in [4.78, 5) is 0. The molecule has 96 valence electrons. The van der Waals surface area contributed by atoms with Gasteiger partial charge in [0.2, 0.25) is 0 Å². The maximum absolute atomic E-state index is 5.95. The summed E-state index contributed by atoms with van der Waals surface area (Å²) in [6.45, 7) is 2.48. The van der Waals surface area contributed by atoms with E-state index in [4.69, 9.17) is 10.5 Å². The molecule has 1 atom stereocenters. The second kappa shape index (κ2) is 5.64. The van der Waals surface area contributed by atoms with Crippen LogP contribution in [0.2, 0.25) is 0 Å². The molecule has 0 aliphatic carbocycles. The van der Waals surface area contributed by atoms with Gasteiger partial charge in [-0.2, -0.15) is 0 Å². The largest absolute Gasteiger partial charge is 0.486 e. The lowest BCUT2D eigenvalue weighted by molar-refractivity contribution is 0.291. The molecule has 0 amide bonds. The third-order valence-electron chi connectivity index (χ3n) is 2.92. The van der Waals surface area contributed by atoms with E-state index in [9.17, 15) is 0 Å². The third kappa shape index (κ3) is 2.87. The van der Waals surface area contributed by atoms with Crippen LogP contribution in [-0.2, 0) is 13.7 Å². The van der Waals surface area contributed by atoms with Crippen molar-refractivity contribution in [2.75, 3.05) is 0 Å². The molecule has 18 heavy (non-hydrogen) atoms. The van der Waals surface area contributed by atoms with Crippen molar-refractivity contribution >= 4 is 0 Å². The van der Waals surface area contributed by atoms with E-state index < -0.39 is 0 Å². The van der Waals surface area contributed by atoms with E-state index in [1.54, 1.807) is 6.33 Å². The van der Waals surface area contributed by atoms with Gasteiger partial charge in [-0.25, -0.2) is 0 Å². The van der Waals surface area contributed by atoms with Gasteiger partial charge in [0, 0.05) is 13.1 Å². The van der Waals surface area contributed by atoms with Crippen molar-refractivity contribution in [3.63, 3.8) is 0 Å². The number of aryl methyl sites for hydroxylation is 1. The quantitative estimate of drug-likeness (QED) is 0.873. The molecule has 0 saturated heterocycles. The zero-order chi connectivity index (χ0) is 13.0. The molecule has 1 aromatic carbocycles. The summed E-state index contributed by atoms with van der Waals surface area (Å²) in [5.74, 6) is 1.61. The lowest BCUT2D eigenvalue weighted by Crippen LogP contribution is -2.08. The second-order valence-corrected chi connectivity index (χ2v) is 4.23. The van der Waals surface area contributed by atoms with E-state index in [2.05, 4.69) is 17.1 Å². The minimum atomic E-state index is 0.0952. The molecule has 1 heterocycles. The Morgan fingerprint density at radius 3 is 2.61 bits per heavy atom. The van der Waals surface area contributed by atoms with E-state index in [0.717, 1.165) is 23.6 Å². The minimum Gasteiger partial charge on any atom is -0.486 e. The van der Waals surface area contributed by atoms with E-state index in [0.29, 0.717) is 6.61 Å². The van der Waals surface area contributed by atoms with Gasteiger partial charge < -0.3 is 15.0 Å². The van der Waals surface area contributed by atoms with E-state index in [1.165, 1.54) is 0 Å². The molecule has 5 nitrogen and oxygen atoms in total. The first-order valence-corrected chi connectivity index (χ1v) is 6.02. The van der Waals surface area contributed by atoms with Gasteiger partial charge in [0.1, 0.15) is 18.7 Å². The average molecular weight is 246 g/mol. The Morgan fingerprint density at radius 2 is 2.06 bits per heavy atom. The highest BCUT2D eigenvalue weighted by Gasteiger charge is 2.04. The van der Waals surface area contributed by atoms with Crippen LogP contribution in [0.3, 0.4) is 0 Å². The zero-order valence-electron chi connectivity index (χ0n) is 10.7. The molecule has 2 rings (SSSR count). The van der Waals surface area contributed by atoms with Crippen LogP contribution in [0.15, 0.2) is 30.6 Å². The predicted octanol–water partition coefficient (Wildman–Crippen LogP) is 1.80. The number of nitrogens with two attached hydrogens (primary N) is 1. The molecule has 2 aromatic rings. The van der Waals surface area contributed by atoms with Crippen LogP contribution >= 0.6 is 0 Å². The summed E-state index contributed by atoms with van der Waals surface area (Å²) in [5, 5.41) is 7.76. The van der Waals surface area contributed by atoms with Crippen LogP contribution in [-0.4, -0.2) is 14.8 Å². The van der Waals surface area contributed by atoms with Crippen molar-refractivity contribution in [1.29, 1.82) is 0 Å². The second-order valence-electron chi connectivity index (χ2n) is 4.23. The van der Waals surface area contributed by atoms with E-state index >= 15 is 0 Å². The molecule has 0 spiro atoms. The Kier molecular flexibility index (Phi) is 3.94. The SMILES string of the molecule is CCC(N)c1ccc(OCc2nncn2C)cc1. The highest BCUT2D eigenvalue weighted by atomic mass is 16.5. The molecule has 2 N–H and O–H groups in total. The first-order chi connectivity index (χ1) is 8.70. The molecule has 0 fully saturated rings. The molecular weight excluding hydrogens is 228 g/mol. The van der Waals surface area contributed by atoms with Crippen LogP contribution < -0.4 is 10.5 Å². The zero-order valence-corrected chi connectivity index (χ0v) is 10.7. The Morgan fingerprint density at radius 1 is 1.33 bits per heavy atom. The molecule has 0 aliphatic heterocycles. The number of ether oxygens (including phenoxy) is 1. The summed E-state index contributed by atoms with van der Waals surface area (Å²) in [7, 11) is 1.89. The fourth-order valence-corrected chi connectivity index (χ4v) is 1.63. The van der Waals surface area contributed by atoms with Crippen molar-refractivity contribution in [3.8, 4) is 5.75 Å². The molecule has 5 heteroatoms. The van der Waals surface area contributed by atoms with Gasteiger partial charge in [0.25, 0.3) is 0 Å². The Labute approximate surface area is 107 Å². The smallest absolute Gasteiger partial charge is 0.170 e. The Bertz CT molecular complexity index is 492. The minimum absolute atomic E-state index is 0.0952. The first kappa shape index (κ1) is 12.6. The maximum atomic E-state index is 5.95. The standard InChI is InChI=1S/C13H18N4O/c1-3-12(14)10-4-6-11(7-5-10)18-8-13-16-15-9-17(13)2/h4-7,9,12H,3,8,14H2,1-2H3. The Hall–Kier alpha value is -1.88. The monoisotopic (exact) mass is 246 g/mol. The fraction of sp³-hybridized carbons (Fsp3) is 0.385. The number of hydrogen-bond acceptors (Lipinski definition) is 4. The first-order valence-electron chi connectivity index (χ1n) is 6.02.